The molecule has 0 fully saturated rings. The Morgan fingerprint density at radius 2 is 1.88 bits per heavy atom. The average molecular weight is 346 g/mol. The zero-order chi connectivity index (χ0) is 17.5. The first-order valence-corrected chi connectivity index (χ1v) is 7.27. The number of nitrogens with one attached hydrogen (secondary N) is 1. The van der Waals surface area contributed by atoms with Crippen molar-refractivity contribution in [3.63, 3.8) is 0 Å². The Labute approximate surface area is 142 Å². The van der Waals surface area contributed by atoms with Crippen molar-refractivity contribution >= 4 is 35.4 Å². The number of rotatable bonds is 5. The van der Waals surface area contributed by atoms with Crippen LogP contribution in [0.1, 0.15) is 21.5 Å². The Morgan fingerprint density at radius 1 is 1.08 bits per heavy atom. The minimum atomic E-state index is -0.657. The summed E-state index contributed by atoms with van der Waals surface area (Å²) >= 11 is 6.13. The second kappa shape index (κ2) is 8.19. The minimum Gasteiger partial charge on any atom is -0.289 e. The topological polar surface area (TPSA) is 66.4 Å². The molecule has 0 saturated heterocycles. The Morgan fingerprint density at radius 3 is 2.54 bits per heavy atom. The molecular formula is C18H13ClFNO3. The van der Waals surface area contributed by atoms with Crippen molar-refractivity contribution in [1.29, 1.82) is 0 Å². The highest BCUT2D eigenvalue weighted by Crippen LogP contribution is 2.20. The fourth-order valence-corrected chi connectivity index (χ4v) is 2.15. The molecule has 24 heavy (non-hydrogen) atoms. The highest BCUT2D eigenvalue weighted by Gasteiger charge is 2.04. The van der Waals surface area contributed by atoms with Gasteiger partial charge in [-0.25, -0.2) is 9.87 Å². The molecule has 0 saturated carbocycles. The Hall–Kier alpha value is -2.76. The van der Waals surface area contributed by atoms with Crippen LogP contribution in [-0.4, -0.2) is 16.9 Å². The van der Waals surface area contributed by atoms with Gasteiger partial charge in [-0.1, -0.05) is 35.9 Å². The summed E-state index contributed by atoms with van der Waals surface area (Å²) in [6.45, 7) is 0. The third kappa shape index (κ3) is 4.87. The average Bonchev–Trinajstić information content (AvgIpc) is 2.58. The summed E-state index contributed by atoms with van der Waals surface area (Å²) < 4.78 is 13.1. The van der Waals surface area contributed by atoms with E-state index in [9.17, 15) is 14.0 Å². The number of halogens is 2. The van der Waals surface area contributed by atoms with Gasteiger partial charge in [-0.2, -0.15) is 0 Å². The van der Waals surface area contributed by atoms with Crippen LogP contribution in [0.5, 0.6) is 0 Å². The molecule has 122 valence electrons. The fraction of sp³-hybridized carbons (Fsp3) is 0. The molecule has 0 aromatic heterocycles. The summed E-state index contributed by atoms with van der Waals surface area (Å²) in [5, 5.41) is 8.78. The first-order chi connectivity index (χ1) is 11.5. The number of ketones is 1. The lowest BCUT2D eigenvalue weighted by molar-refractivity contribution is -0.124. The molecule has 0 bridgehead atoms. The van der Waals surface area contributed by atoms with Gasteiger partial charge in [0.25, 0.3) is 5.91 Å². The maximum absolute atomic E-state index is 13.1. The third-order valence-electron chi connectivity index (χ3n) is 3.09. The smallest absolute Gasteiger partial charge is 0.267 e. The highest BCUT2D eigenvalue weighted by molar-refractivity contribution is 6.32. The Balaban J connectivity index is 2.14. The standard InChI is InChI=1S/C18H13ClFNO3/c19-16-10-12(5-9-18(23)21-24)4-6-13(16)7-8-17(22)14-2-1-3-15(20)11-14/h1-11,24H,(H,21,23). The molecule has 2 aromatic rings. The SMILES string of the molecule is O=C(C=Cc1ccc(C=CC(=O)c2cccc(F)c2)c(Cl)c1)NO. The highest BCUT2D eigenvalue weighted by atomic mass is 35.5. The van der Waals surface area contributed by atoms with Crippen LogP contribution in [0.2, 0.25) is 5.02 Å². The van der Waals surface area contributed by atoms with E-state index < -0.39 is 11.7 Å². The van der Waals surface area contributed by atoms with Crippen LogP contribution in [-0.2, 0) is 4.79 Å². The van der Waals surface area contributed by atoms with E-state index in [2.05, 4.69) is 0 Å². The molecule has 0 spiro atoms. The van der Waals surface area contributed by atoms with Gasteiger partial charge in [0.1, 0.15) is 5.82 Å². The quantitative estimate of drug-likeness (QED) is 0.374. The van der Waals surface area contributed by atoms with Crippen molar-refractivity contribution in [2.45, 2.75) is 0 Å². The summed E-state index contributed by atoms with van der Waals surface area (Å²) in [6.07, 6.45) is 5.46. The Bertz CT molecular complexity index is 831. The lowest BCUT2D eigenvalue weighted by Gasteiger charge is -2.01. The van der Waals surface area contributed by atoms with Gasteiger partial charge in [0.2, 0.25) is 0 Å². The van der Waals surface area contributed by atoms with Gasteiger partial charge in [-0.3, -0.25) is 14.8 Å². The van der Waals surface area contributed by atoms with Crippen LogP contribution in [0.3, 0.4) is 0 Å². The van der Waals surface area contributed by atoms with Crippen molar-refractivity contribution in [3.05, 3.63) is 82.1 Å². The van der Waals surface area contributed by atoms with Gasteiger partial charge in [0, 0.05) is 16.7 Å². The lowest BCUT2D eigenvalue weighted by atomic mass is 10.1. The molecule has 0 radical (unpaired) electrons. The van der Waals surface area contributed by atoms with Gasteiger partial charge < -0.3 is 0 Å². The predicted octanol–water partition coefficient (Wildman–Crippen LogP) is 3.89. The third-order valence-corrected chi connectivity index (χ3v) is 3.41. The molecule has 0 aliphatic heterocycles. The second-order valence-electron chi connectivity index (χ2n) is 4.80. The second-order valence-corrected chi connectivity index (χ2v) is 5.21. The van der Waals surface area contributed by atoms with Gasteiger partial charge >= 0.3 is 0 Å². The van der Waals surface area contributed by atoms with E-state index in [0.717, 1.165) is 12.1 Å². The minimum absolute atomic E-state index is 0.247. The number of carbonyl (C=O) groups is 2. The maximum atomic E-state index is 13.1. The van der Waals surface area contributed by atoms with Crippen molar-refractivity contribution in [3.8, 4) is 0 Å². The zero-order valence-electron chi connectivity index (χ0n) is 12.4. The monoisotopic (exact) mass is 345 g/mol. The van der Waals surface area contributed by atoms with E-state index in [0.29, 0.717) is 16.1 Å². The first kappa shape index (κ1) is 17.6. The summed E-state index contributed by atoms with van der Waals surface area (Å²) in [7, 11) is 0. The van der Waals surface area contributed by atoms with E-state index in [1.54, 1.807) is 18.2 Å². The number of hydrogen-bond acceptors (Lipinski definition) is 3. The van der Waals surface area contributed by atoms with Crippen molar-refractivity contribution in [1.82, 2.24) is 5.48 Å². The van der Waals surface area contributed by atoms with E-state index in [4.69, 9.17) is 16.8 Å². The van der Waals surface area contributed by atoms with Crippen LogP contribution < -0.4 is 5.48 Å². The number of carbonyl (C=O) groups excluding carboxylic acids is 2. The molecule has 2 rings (SSSR count). The Kier molecular flexibility index (Phi) is 6.01. The summed E-state index contributed by atoms with van der Waals surface area (Å²) in [5.74, 6) is -1.47. The number of amides is 1. The number of benzene rings is 2. The van der Waals surface area contributed by atoms with E-state index in [1.807, 2.05) is 0 Å². The molecule has 0 atom stereocenters. The normalized spacial score (nSPS) is 11.1. The molecule has 6 heteroatoms. The first-order valence-electron chi connectivity index (χ1n) is 6.89. The molecule has 0 aliphatic carbocycles. The van der Waals surface area contributed by atoms with Crippen LogP contribution in [0.25, 0.3) is 12.2 Å². The molecule has 4 nitrogen and oxygen atoms in total. The van der Waals surface area contributed by atoms with E-state index in [1.165, 1.54) is 41.9 Å². The molecular weight excluding hydrogens is 333 g/mol. The summed E-state index contributed by atoms with van der Waals surface area (Å²) in [6, 6.07) is 10.4. The lowest BCUT2D eigenvalue weighted by Crippen LogP contribution is -2.14. The summed E-state index contributed by atoms with van der Waals surface area (Å²) in [5.41, 5.74) is 2.98. The van der Waals surface area contributed by atoms with Gasteiger partial charge in [-0.15, -0.1) is 0 Å². The fourth-order valence-electron chi connectivity index (χ4n) is 1.89. The number of hydroxylamine groups is 1. The largest absolute Gasteiger partial charge is 0.289 e. The van der Waals surface area contributed by atoms with Crippen molar-refractivity contribution in [2.24, 2.45) is 0 Å². The van der Waals surface area contributed by atoms with Crippen LogP contribution in [0.4, 0.5) is 4.39 Å². The van der Waals surface area contributed by atoms with Crippen molar-refractivity contribution in [2.75, 3.05) is 0 Å². The summed E-state index contributed by atoms with van der Waals surface area (Å²) in [4.78, 5) is 22.9. The molecule has 2 N–H and O–H groups in total. The molecule has 0 unspecified atom stereocenters. The maximum Gasteiger partial charge on any atom is 0.267 e. The molecule has 0 heterocycles. The van der Waals surface area contributed by atoms with Crippen molar-refractivity contribution < 1.29 is 19.2 Å². The van der Waals surface area contributed by atoms with Crippen LogP contribution in [0.15, 0.2) is 54.6 Å². The van der Waals surface area contributed by atoms with Crippen LogP contribution >= 0.6 is 11.6 Å². The van der Waals surface area contributed by atoms with Gasteiger partial charge in [-0.05, 0) is 47.6 Å². The van der Waals surface area contributed by atoms with Crippen LogP contribution in [0, 0.1) is 5.82 Å². The number of hydrogen-bond donors (Lipinski definition) is 2. The zero-order valence-corrected chi connectivity index (χ0v) is 13.1. The molecule has 0 aliphatic rings. The van der Waals surface area contributed by atoms with E-state index in [-0.39, 0.29) is 11.3 Å². The van der Waals surface area contributed by atoms with Gasteiger partial charge in [0.05, 0.1) is 0 Å². The number of allylic oxidation sites excluding steroid dienone is 1. The van der Waals surface area contributed by atoms with E-state index >= 15 is 0 Å². The predicted molar refractivity (Wildman–Crippen MR) is 90.2 cm³/mol. The molecule has 1 amide bonds. The molecule has 2 aromatic carbocycles. The van der Waals surface area contributed by atoms with Gasteiger partial charge in [0.15, 0.2) is 5.78 Å².